The average molecular weight is 341 g/mol. The lowest BCUT2D eigenvalue weighted by Gasteiger charge is -2.36. The number of piperidine rings is 1. The Morgan fingerprint density at radius 1 is 1.08 bits per heavy atom. The van der Waals surface area contributed by atoms with Gasteiger partial charge in [-0.2, -0.15) is 0 Å². The van der Waals surface area contributed by atoms with Crippen molar-refractivity contribution in [3.05, 3.63) is 29.3 Å². The molecule has 0 radical (unpaired) electrons. The van der Waals surface area contributed by atoms with Gasteiger partial charge in [0.1, 0.15) is 0 Å². The van der Waals surface area contributed by atoms with Crippen LogP contribution in [0.2, 0.25) is 0 Å². The standard InChI is InChI=1S/C20H27N3O2/c1-14-4-7-18-16(13-14)3-2-10-23(18)19(24)15-8-11-22(12-9-15)20(25)21-17-5-6-17/h4,7,13,15,17H,2-3,5-6,8-12H2,1H3,(H,21,25). The predicted molar refractivity (Wildman–Crippen MR) is 97.7 cm³/mol. The van der Waals surface area contributed by atoms with Gasteiger partial charge in [-0.15, -0.1) is 0 Å². The number of nitrogens with zero attached hydrogens (tertiary/aromatic N) is 2. The Morgan fingerprint density at radius 2 is 1.84 bits per heavy atom. The fourth-order valence-corrected chi connectivity index (χ4v) is 4.00. The Kier molecular flexibility index (Phi) is 4.40. The van der Waals surface area contributed by atoms with E-state index < -0.39 is 0 Å². The Balaban J connectivity index is 1.39. The van der Waals surface area contributed by atoms with Crippen LogP contribution in [0.3, 0.4) is 0 Å². The van der Waals surface area contributed by atoms with Crippen molar-refractivity contribution in [3.63, 3.8) is 0 Å². The molecule has 4 rings (SSSR count). The summed E-state index contributed by atoms with van der Waals surface area (Å²) in [6, 6.07) is 6.83. The minimum atomic E-state index is 0.0391. The summed E-state index contributed by atoms with van der Waals surface area (Å²) >= 11 is 0. The molecule has 1 aromatic rings. The zero-order chi connectivity index (χ0) is 17.4. The molecule has 0 bridgehead atoms. The van der Waals surface area contributed by atoms with Crippen molar-refractivity contribution in [3.8, 4) is 0 Å². The average Bonchev–Trinajstić information content (AvgIpc) is 3.44. The number of fused-ring (bicyclic) bond motifs is 1. The number of likely N-dealkylation sites (tertiary alicyclic amines) is 1. The quantitative estimate of drug-likeness (QED) is 0.899. The van der Waals surface area contributed by atoms with E-state index in [9.17, 15) is 9.59 Å². The van der Waals surface area contributed by atoms with E-state index in [1.165, 1.54) is 11.1 Å². The summed E-state index contributed by atoms with van der Waals surface area (Å²) in [6.45, 7) is 4.29. The van der Waals surface area contributed by atoms with Crippen LogP contribution in [-0.2, 0) is 11.2 Å². The fourth-order valence-electron chi connectivity index (χ4n) is 4.00. The second kappa shape index (κ2) is 6.70. The van der Waals surface area contributed by atoms with E-state index in [1.54, 1.807) is 0 Å². The molecule has 2 aliphatic heterocycles. The highest BCUT2D eigenvalue weighted by Crippen LogP contribution is 2.31. The van der Waals surface area contributed by atoms with Crippen molar-refractivity contribution in [1.29, 1.82) is 0 Å². The molecular weight excluding hydrogens is 314 g/mol. The van der Waals surface area contributed by atoms with Gasteiger partial charge in [-0.3, -0.25) is 4.79 Å². The number of aryl methyl sites for hydroxylation is 2. The van der Waals surface area contributed by atoms with E-state index in [4.69, 9.17) is 0 Å². The van der Waals surface area contributed by atoms with Crippen LogP contribution in [0.1, 0.15) is 43.2 Å². The molecule has 2 heterocycles. The first-order valence-corrected chi connectivity index (χ1v) is 9.58. The van der Waals surface area contributed by atoms with Crippen molar-refractivity contribution >= 4 is 17.6 Å². The van der Waals surface area contributed by atoms with Crippen LogP contribution in [0.15, 0.2) is 18.2 Å². The number of hydrogen-bond acceptors (Lipinski definition) is 2. The number of amides is 3. The van der Waals surface area contributed by atoms with Crippen molar-refractivity contribution in [2.24, 2.45) is 5.92 Å². The van der Waals surface area contributed by atoms with Gasteiger partial charge in [0.25, 0.3) is 0 Å². The van der Waals surface area contributed by atoms with Crippen LogP contribution in [0.4, 0.5) is 10.5 Å². The van der Waals surface area contributed by atoms with E-state index in [2.05, 4.69) is 30.4 Å². The predicted octanol–water partition coefficient (Wildman–Crippen LogP) is 2.86. The zero-order valence-corrected chi connectivity index (χ0v) is 15.0. The highest BCUT2D eigenvalue weighted by molar-refractivity contribution is 5.96. The van der Waals surface area contributed by atoms with Crippen molar-refractivity contribution in [1.82, 2.24) is 10.2 Å². The summed E-state index contributed by atoms with van der Waals surface area (Å²) < 4.78 is 0. The Bertz CT molecular complexity index is 676. The summed E-state index contributed by atoms with van der Waals surface area (Å²) in [5, 5.41) is 3.04. The Hall–Kier alpha value is -2.04. The second-order valence-corrected chi connectivity index (χ2v) is 7.71. The first-order chi connectivity index (χ1) is 12.1. The van der Waals surface area contributed by atoms with Crippen LogP contribution in [0.5, 0.6) is 0 Å². The van der Waals surface area contributed by atoms with Crippen LogP contribution in [0, 0.1) is 12.8 Å². The lowest BCUT2D eigenvalue weighted by atomic mass is 9.93. The number of hydrogen-bond donors (Lipinski definition) is 1. The molecule has 0 aromatic heterocycles. The third kappa shape index (κ3) is 3.51. The van der Waals surface area contributed by atoms with Gasteiger partial charge in [0.15, 0.2) is 0 Å². The van der Waals surface area contributed by atoms with Crippen molar-refractivity contribution in [2.45, 2.75) is 51.5 Å². The molecule has 0 atom stereocenters. The van der Waals surface area contributed by atoms with E-state index in [-0.39, 0.29) is 17.9 Å². The number of carbonyl (C=O) groups excluding carboxylic acids is 2. The largest absolute Gasteiger partial charge is 0.335 e. The van der Waals surface area contributed by atoms with Crippen LogP contribution < -0.4 is 10.2 Å². The third-order valence-electron chi connectivity index (χ3n) is 5.66. The van der Waals surface area contributed by atoms with E-state index in [1.807, 2.05) is 9.80 Å². The number of urea groups is 1. The molecule has 1 aliphatic carbocycles. The maximum Gasteiger partial charge on any atom is 0.317 e. The topological polar surface area (TPSA) is 52.7 Å². The van der Waals surface area contributed by atoms with E-state index in [0.717, 1.165) is 50.8 Å². The molecule has 1 aromatic carbocycles. The van der Waals surface area contributed by atoms with Crippen molar-refractivity contribution < 1.29 is 9.59 Å². The lowest BCUT2D eigenvalue weighted by Crippen LogP contribution is -2.48. The smallest absolute Gasteiger partial charge is 0.317 e. The Morgan fingerprint density at radius 3 is 2.56 bits per heavy atom. The van der Waals surface area contributed by atoms with Gasteiger partial charge in [-0.25, -0.2) is 4.79 Å². The maximum atomic E-state index is 13.1. The summed E-state index contributed by atoms with van der Waals surface area (Å²) in [5.41, 5.74) is 3.64. The first-order valence-electron chi connectivity index (χ1n) is 9.58. The lowest BCUT2D eigenvalue weighted by molar-refractivity contribution is -0.123. The van der Waals surface area contributed by atoms with E-state index in [0.29, 0.717) is 19.1 Å². The molecule has 2 fully saturated rings. The first kappa shape index (κ1) is 16.4. The monoisotopic (exact) mass is 341 g/mol. The molecule has 0 unspecified atom stereocenters. The minimum absolute atomic E-state index is 0.0391. The maximum absolute atomic E-state index is 13.1. The molecule has 3 aliphatic rings. The molecule has 1 saturated heterocycles. The third-order valence-corrected chi connectivity index (χ3v) is 5.66. The van der Waals surface area contributed by atoms with Gasteiger partial charge in [0, 0.05) is 37.3 Å². The Labute approximate surface area is 149 Å². The molecule has 3 amide bonds. The zero-order valence-electron chi connectivity index (χ0n) is 15.0. The van der Waals surface area contributed by atoms with Gasteiger partial charge in [0.05, 0.1) is 0 Å². The SMILES string of the molecule is Cc1ccc2c(c1)CCCN2C(=O)C1CCN(C(=O)NC2CC2)CC1. The fraction of sp³-hybridized carbons (Fsp3) is 0.600. The molecule has 1 N–H and O–H groups in total. The summed E-state index contributed by atoms with van der Waals surface area (Å²) in [5.74, 6) is 0.282. The number of anilines is 1. The van der Waals surface area contributed by atoms with E-state index >= 15 is 0 Å². The molecule has 0 spiro atoms. The van der Waals surface area contributed by atoms with Crippen LogP contribution >= 0.6 is 0 Å². The van der Waals surface area contributed by atoms with Gasteiger partial charge in [-0.1, -0.05) is 17.7 Å². The molecule has 5 nitrogen and oxygen atoms in total. The highest BCUT2D eigenvalue weighted by Gasteiger charge is 2.33. The normalized spacial score (nSPS) is 21.0. The number of carbonyl (C=O) groups is 2. The van der Waals surface area contributed by atoms with Gasteiger partial charge in [-0.05, 0) is 57.1 Å². The van der Waals surface area contributed by atoms with Gasteiger partial charge in [0.2, 0.25) is 5.91 Å². The highest BCUT2D eigenvalue weighted by atomic mass is 16.2. The van der Waals surface area contributed by atoms with Crippen LogP contribution in [0.25, 0.3) is 0 Å². The molecular formula is C20H27N3O2. The summed E-state index contributed by atoms with van der Waals surface area (Å²) in [4.78, 5) is 29.1. The van der Waals surface area contributed by atoms with Gasteiger partial charge < -0.3 is 15.1 Å². The van der Waals surface area contributed by atoms with Crippen molar-refractivity contribution in [2.75, 3.05) is 24.5 Å². The summed E-state index contributed by atoms with van der Waals surface area (Å²) in [6.07, 6.45) is 5.84. The minimum Gasteiger partial charge on any atom is -0.335 e. The molecule has 5 heteroatoms. The molecule has 134 valence electrons. The second-order valence-electron chi connectivity index (χ2n) is 7.71. The number of nitrogens with one attached hydrogen (secondary N) is 1. The molecule has 25 heavy (non-hydrogen) atoms. The number of benzene rings is 1. The van der Waals surface area contributed by atoms with Crippen LogP contribution in [-0.4, -0.2) is 42.5 Å². The number of rotatable bonds is 2. The van der Waals surface area contributed by atoms with Gasteiger partial charge >= 0.3 is 6.03 Å². The molecule has 1 saturated carbocycles. The summed E-state index contributed by atoms with van der Waals surface area (Å²) in [7, 11) is 0.